The molecule has 0 amide bonds. The van der Waals surface area contributed by atoms with Crippen LogP contribution in [-0.4, -0.2) is 0 Å². The molecule has 0 radical (unpaired) electrons. The maximum absolute atomic E-state index is 3.33. The largest absolute Gasteiger partial charge is 0.361 e. The van der Waals surface area contributed by atoms with E-state index in [1.54, 1.807) is 11.3 Å². The van der Waals surface area contributed by atoms with Gasteiger partial charge >= 0.3 is 0 Å². The Kier molecular flexibility index (Phi) is 2.29. The van der Waals surface area contributed by atoms with Crippen molar-refractivity contribution in [3.63, 3.8) is 0 Å². The van der Waals surface area contributed by atoms with E-state index in [9.17, 15) is 0 Å². The van der Waals surface area contributed by atoms with Gasteiger partial charge in [-0.2, -0.15) is 0 Å². The van der Waals surface area contributed by atoms with Crippen LogP contribution in [0.3, 0.4) is 0 Å². The van der Waals surface area contributed by atoms with Crippen molar-refractivity contribution in [3.05, 3.63) is 15.9 Å². The van der Waals surface area contributed by atoms with Crippen LogP contribution in [0.2, 0.25) is 0 Å². The van der Waals surface area contributed by atoms with Gasteiger partial charge in [0.25, 0.3) is 0 Å². The minimum absolute atomic E-state index is 1.13. The standard InChI is InChI=1S/C4H5BrNPS/c5-3-1-4(6-7)8-2-3/h1-2,6H,7H2. The van der Waals surface area contributed by atoms with E-state index in [1.165, 1.54) is 0 Å². The zero-order valence-electron chi connectivity index (χ0n) is 4.02. The Hall–Kier alpha value is 0.410. The lowest BCUT2D eigenvalue weighted by atomic mass is 10.6. The van der Waals surface area contributed by atoms with E-state index in [-0.39, 0.29) is 0 Å². The summed E-state index contributed by atoms with van der Waals surface area (Å²) in [5, 5.41) is 6.14. The van der Waals surface area contributed by atoms with Crippen LogP contribution >= 0.6 is 36.7 Å². The highest BCUT2D eigenvalue weighted by Crippen LogP contribution is 2.24. The van der Waals surface area contributed by atoms with Crippen molar-refractivity contribution >= 4 is 41.7 Å². The molecule has 0 fully saturated rings. The Morgan fingerprint density at radius 3 is 2.75 bits per heavy atom. The van der Waals surface area contributed by atoms with Gasteiger partial charge in [-0.3, -0.25) is 0 Å². The second-order valence-corrected chi connectivity index (χ2v) is 3.39. The fraction of sp³-hybridized carbons (Fsp3) is 0. The molecule has 0 aliphatic heterocycles. The first kappa shape index (κ1) is 6.53. The van der Waals surface area contributed by atoms with Crippen molar-refractivity contribution in [2.45, 2.75) is 0 Å². The lowest BCUT2D eigenvalue weighted by Crippen LogP contribution is -1.66. The highest BCUT2D eigenvalue weighted by molar-refractivity contribution is 9.10. The van der Waals surface area contributed by atoms with Crippen molar-refractivity contribution in [3.8, 4) is 0 Å². The van der Waals surface area contributed by atoms with E-state index in [0.717, 1.165) is 9.47 Å². The molecule has 1 aromatic rings. The molecule has 1 unspecified atom stereocenters. The summed E-state index contributed by atoms with van der Waals surface area (Å²) in [5.74, 6) is 0. The summed E-state index contributed by atoms with van der Waals surface area (Å²) >= 11 is 5.00. The number of halogens is 1. The third kappa shape index (κ3) is 1.44. The summed E-state index contributed by atoms with van der Waals surface area (Å²) in [6.45, 7) is 0. The van der Waals surface area contributed by atoms with Gasteiger partial charge in [0.05, 0.1) is 5.00 Å². The monoisotopic (exact) mass is 209 g/mol. The Morgan fingerprint density at radius 2 is 2.50 bits per heavy atom. The number of rotatable bonds is 1. The van der Waals surface area contributed by atoms with Crippen LogP contribution < -0.4 is 5.09 Å². The summed E-state index contributed by atoms with van der Waals surface area (Å²) in [4.78, 5) is 0. The molecule has 1 heterocycles. The molecule has 44 valence electrons. The normalized spacial score (nSPS) is 9.25. The fourth-order valence-corrected chi connectivity index (χ4v) is 1.91. The van der Waals surface area contributed by atoms with Gasteiger partial charge in [-0.15, -0.1) is 11.3 Å². The van der Waals surface area contributed by atoms with Crippen LogP contribution in [0.5, 0.6) is 0 Å². The number of thiophene rings is 1. The molecule has 1 rings (SSSR count). The molecule has 8 heavy (non-hydrogen) atoms. The molecule has 0 aliphatic carbocycles. The highest BCUT2D eigenvalue weighted by atomic mass is 79.9. The van der Waals surface area contributed by atoms with E-state index < -0.39 is 0 Å². The van der Waals surface area contributed by atoms with Crippen molar-refractivity contribution < 1.29 is 0 Å². The smallest absolute Gasteiger partial charge is 0.0922 e. The average Bonchev–Trinajstić information content (AvgIpc) is 2.14. The first-order chi connectivity index (χ1) is 3.83. The van der Waals surface area contributed by atoms with Crippen molar-refractivity contribution in [1.82, 2.24) is 0 Å². The molecule has 0 bridgehead atoms. The molecule has 0 aliphatic rings. The molecule has 1 aromatic heterocycles. The molecule has 0 spiro atoms. The van der Waals surface area contributed by atoms with E-state index in [4.69, 9.17) is 0 Å². The molecular formula is C4H5BrNPS. The van der Waals surface area contributed by atoms with E-state index >= 15 is 0 Å². The lowest BCUT2D eigenvalue weighted by Gasteiger charge is -1.86. The van der Waals surface area contributed by atoms with Gasteiger partial charge in [0.1, 0.15) is 0 Å². The van der Waals surface area contributed by atoms with Crippen LogP contribution in [0, 0.1) is 0 Å². The molecule has 1 atom stereocenters. The first-order valence-electron chi connectivity index (χ1n) is 2.03. The maximum Gasteiger partial charge on any atom is 0.0922 e. The Balaban J connectivity index is 2.84. The maximum atomic E-state index is 3.33. The van der Waals surface area contributed by atoms with Crippen molar-refractivity contribution in [2.24, 2.45) is 0 Å². The number of hydrogen-bond acceptors (Lipinski definition) is 2. The molecule has 0 aromatic carbocycles. The van der Waals surface area contributed by atoms with Gasteiger partial charge in [0, 0.05) is 9.85 Å². The number of anilines is 1. The third-order valence-electron chi connectivity index (χ3n) is 0.710. The van der Waals surface area contributed by atoms with Gasteiger partial charge in [0.15, 0.2) is 0 Å². The summed E-state index contributed by atoms with van der Waals surface area (Å²) in [6, 6.07) is 2.03. The molecule has 1 nitrogen and oxygen atoms in total. The van der Waals surface area contributed by atoms with Crippen molar-refractivity contribution in [2.75, 3.05) is 5.09 Å². The predicted octanol–water partition coefficient (Wildman–Crippen LogP) is 2.71. The minimum atomic E-state index is 1.13. The van der Waals surface area contributed by atoms with Gasteiger partial charge in [-0.25, -0.2) is 0 Å². The highest BCUT2D eigenvalue weighted by Gasteiger charge is 1.90. The van der Waals surface area contributed by atoms with Gasteiger partial charge in [0.2, 0.25) is 0 Å². The quantitative estimate of drug-likeness (QED) is 0.702. The molecule has 0 saturated carbocycles. The summed E-state index contributed by atoms with van der Waals surface area (Å²) in [6.07, 6.45) is 0. The number of nitrogens with one attached hydrogen (secondary N) is 1. The predicted molar refractivity (Wildman–Crippen MR) is 45.4 cm³/mol. The average molecular weight is 210 g/mol. The fourth-order valence-electron chi connectivity index (χ4n) is 0.389. The summed E-state index contributed by atoms with van der Waals surface area (Å²) in [5.41, 5.74) is 0. The minimum Gasteiger partial charge on any atom is -0.361 e. The van der Waals surface area contributed by atoms with Gasteiger partial charge in [-0.05, 0) is 31.4 Å². The van der Waals surface area contributed by atoms with E-state index in [2.05, 4.69) is 30.4 Å². The van der Waals surface area contributed by atoms with Crippen LogP contribution in [0.25, 0.3) is 0 Å². The van der Waals surface area contributed by atoms with E-state index in [1.807, 2.05) is 11.4 Å². The Bertz CT molecular complexity index is 176. The molecular weight excluding hydrogens is 205 g/mol. The molecule has 0 saturated heterocycles. The van der Waals surface area contributed by atoms with Gasteiger partial charge in [-0.1, -0.05) is 0 Å². The Morgan fingerprint density at radius 1 is 1.75 bits per heavy atom. The second-order valence-electron chi connectivity index (χ2n) is 1.27. The van der Waals surface area contributed by atoms with Crippen LogP contribution in [0.4, 0.5) is 5.00 Å². The van der Waals surface area contributed by atoms with E-state index in [0.29, 0.717) is 0 Å². The van der Waals surface area contributed by atoms with Crippen LogP contribution in [0.15, 0.2) is 15.9 Å². The van der Waals surface area contributed by atoms with Crippen LogP contribution in [0.1, 0.15) is 0 Å². The first-order valence-corrected chi connectivity index (χ1v) is 4.28. The van der Waals surface area contributed by atoms with Crippen LogP contribution in [-0.2, 0) is 0 Å². The second kappa shape index (κ2) is 2.81. The Labute approximate surface area is 62.9 Å². The topological polar surface area (TPSA) is 12.0 Å². The number of hydrogen-bond donors (Lipinski definition) is 1. The molecule has 4 heteroatoms. The lowest BCUT2D eigenvalue weighted by molar-refractivity contribution is 1.86. The SMILES string of the molecule is PNc1cc(Br)cs1. The molecule has 1 N–H and O–H groups in total. The van der Waals surface area contributed by atoms with Gasteiger partial charge < -0.3 is 5.09 Å². The summed E-state index contributed by atoms with van der Waals surface area (Å²) in [7, 11) is 2.45. The zero-order valence-corrected chi connectivity index (χ0v) is 7.58. The zero-order chi connectivity index (χ0) is 5.98. The van der Waals surface area contributed by atoms with Crippen molar-refractivity contribution in [1.29, 1.82) is 0 Å². The summed E-state index contributed by atoms with van der Waals surface area (Å²) < 4.78 is 1.13. The third-order valence-corrected chi connectivity index (χ3v) is 2.85.